The Morgan fingerprint density at radius 2 is 2.12 bits per heavy atom. The van der Waals surface area contributed by atoms with Gasteiger partial charge in [-0.1, -0.05) is 18.2 Å². The molecule has 6 heteroatoms. The number of hydrogen-bond acceptors (Lipinski definition) is 4. The van der Waals surface area contributed by atoms with Gasteiger partial charge >= 0.3 is 10.3 Å². The lowest BCUT2D eigenvalue weighted by Crippen LogP contribution is -2.01. The molecule has 0 fully saturated rings. The molecule has 1 aromatic heterocycles. The summed E-state index contributed by atoms with van der Waals surface area (Å²) in [7, 11) is -3.70. The topological polar surface area (TPSA) is 55.7 Å². The van der Waals surface area contributed by atoms with E-state index in [2.05, 4.69) is 8.58 Å². The first kappa shape index (κ1) is 9.95. The van der Waals surface area contributed by atoms with Gasteiger partial charge in [-0.2, -0.15) is 8.42 Å². The first-order valence-electron chi connectivity index (χ1n) is 4.60. The highest BCUT2D eigenvalue weighted by molar-refractivity contribution is 7.85. The molecule has 0 aliphatic carbocycles. The zero-order valence-corrected chi connectivity index (χ0v) is 9.72. The molecule has 2 aromatic rings. The predicted octanol–water partition coefficient (Wildman–Crippen LogP) is 1.97. The fourth-order valence-electron chi connectivity index (χ4n) is 1.65. The summed E-state index contributed by atoms with van der Waals surface area (Å²) in [6, 6.07) is 7.82. The Hall–Kier alpha value is -1.24. The van der Waals surface area contributed by atoms with Crippen molar-refractivity contribution in [1.29, 1.82) is 0 Å². The van der Waals surface area contributed by atoms with Crippen LogP contribution < -0.4 is 0 Å². The molecule has 0 spiro atoms. The van der Waals surface area contributed by atoms with Crippen LogP contribution in [-0.4, -0.2) is 20.7 Å². The van der Waals surface area contributed by atoms with Crippen molar-refractivity contribution < 1.29 is 12.6 Å². The van der Waals surface area contributed by atoms with E-state index >= 15 is 0 Å². The summed E-state index contributed by atoms with van der Waals surface area (Å²) in [6.45, 7) is 0.0308. The lowest BCUT2D eigenvalue weighted by molar-refractivity contribution is 0.382. The average Bonchev–Trinajstić information content (AvgIpc) is 2.81. The lowest BCUT2D eigenvalue weighted by atomic mass is 10.1. The molecule has 1 aliphatic rings. The van der Waals surface area contributed by atoms with E-state index in [-0.39, 0.29) is 6.61 Å². The van der Waals surface area contributed by atoms with Gasteiger partial charge in [0.1, 0.15) is 6.61 Å². The summed E-state index contributed by atoms with van der Waals surface area (Å²) in [4.78, 5) is 0. The first-order chi connectivity index (χ1) is 7.66. The Morgan fingerprint density at radius 1 is 1.31 bits per heavy atom. The second-order valence-electron chi connectivity index (χ2n) is 3.37. The molecular formula is C10H7NO3S2. The van der Waals surface area contributed by atoms with Crippen LogP contribution in [0.5, 0.6) is 0 Å². The number of thiophene rings is 1. The second-order valence-corrected chi connectivity index (χ2v) is 5.56. The molecule has 3 rings (SSSR count). The molecule has 0 N–H and O–H groups in total. The molecule has 0 amide bonds. The van der Waals surface area contributed by atoms with Crippen molar-refractivity contribution in [1.82, 2.24) is 0 Å². The van der Waals surface area contributed by atoms with Crippen molar-refractivity contribution in [2.45, 2.75) is 0 Å². The highest BCUT2D eigenvalue weighted by atomic mass is 32.2. The van der Waals surface area contributed by atoms with Gasteiger partial charge in [0.15, 0.2) is 0 Å². The average molecular weight is 253 g/mol. The standard InChI is InChI=1S/C10H7NO3S2/c12-16(13)11-9(5-14-16)8-6-15-10-4-2-1-3-7(8)10/h1-4,6H,5H2. The molecule has 0 saturated heterocycles. The van der Waals surface area contributed by atoms with E-state index in [0.29, 0.717) is 5.71 Å². The van der Waals surface area contributed by atoms with Gasteiger partial charge in [0.2, 0.25) is 0 Å². The van der Waals surface area contributed by atoms with Crippen LogP contribution in [0.3, 0.4) is 0 Å². The zero-order chi connectivity index (χ0) is 11.2. The summed E-state index contributed by atoms with van der Waals surface area (Å²) in [5, 5.41) is 2.93. The van der Waals surface area contributed by atoms with Crippen molar-refractivity contribution in [3.63, 3.8) is 0 Å². The minimum Gasteiger partial charge on any atom is -0.246 e. The van der Waals surface area contributed by atoms with Crippen LogP contribution in [0.15, 0.2) is 34.0 Å². The fourth-order valence-corrected chi connectivity index (χ4v) is 3.35. The monoisotopic (exact) mass is 253 g/mol. The van der Waals surface area contributed by atoms with E-state index in [9.17, 15) is 8.42 Å². The van der Waals surface area contributed by atoms with Crippen molar-refractivity contribution in [3.8, 4) is 0 Å². The van der Waals surface area contributed by atoms with Crippen molar-refractivity contribution in [2.75, 3.05) is 6.61 Å². The van der Waals surface area contributed by atoms with Gasteiger partial charge in [0.05, 0.1) is 5.71 Å². The van der Waals surface area contributed by atoms with E-state index in [1.165, 1.54) is 0 Å². The predicted molar refractivity (Wildman–Crippen MR) is 63.2 cm³/mol. The summed E-state index contributed by atoms with van der Waals surface area (Å²) < 4.78 is 31.4. The quantitative estimate of drug-likeness (QED) is 0.780. The summed E-state index contributed by atoms with van der Waals surface area (Å²) in [5.74, 6) is 0. The van der Waals surface area contributed by atoms with Crippen LogP contribution in [0.2, 0.25) is 0 Å². The maximum atomic E-state index is 11.1. The molecule has 16 heavy (non-hydrogen) atoms. The maximum Gasteiger partial charge on any atom is 0.381 e. The number of nitrogens with zero attached hydrogens (tertiary/aromatic N) is 1. The molecule has 1 aliphatic heterocycles. The normalized spacial score (nSPS) is 18.9. The third-order valence-corrected chi connectivity index (χ3v) is 4.18. The SMILES string of the molecule is O=S1(=O)N=C(c2csc3ccccc23)CO1. The van der Waals surface area contributed by atoms with Crippen LogP contribution in [0.1, 0.15) is 5.56 Å². The summed E-state index contributed by atoms with van der Waals surface area (Å²) >= 11 is 1.57. The molecule has 82 valence electrons. The highest BCUT2D eigenvalue weighted by Crippen LogP contribution is 2.28. The Morgan fingerprint density at radius 3 is 2.88 bits per heavy atom. The smallest absolute Gasteiger partial charge is 0.246 e. The molecule has 0 saturated carbocycles. The van der Waals surface area contributed by atoms with Gasteiger partial charge in [0, 0.05) is 21.0 Å². The van der Waals surface area contributed by atoms with Gasteiger partial charge in [-0.15, -0.1) is 15.7 Å². The summed E-state index contributed by atoms with van der Waals surface area (Å²) in [6.07, 6.45) is 0. The van der Waals surface area contributed by atoms with Gasteiger partial charge in [0.25, 0.3) is 0 Å². The number of hydrogen-bond donors (Lipinski definition) is 0. The third-order valence-electron chi connectivity index (χ3n) is 2.36. The maximum absolute atomic E-state index is 11.1. The molecule has 0 bridgehead atoms. The van der Waals surface area contributed by atoms with E-state index in [4.69, 9.17) is 0 Å². The van der Waals surface area contributed by atoms with Gasteiger partial charge in [-0.3, -0.25) is 0 Å². The lowest BCUT2D eigenvalue weighted by Gasteiger charge is -1.94. The molecule has 1 aromatic carbocycles. The van der Waals surface area contributed by atoms with E-state index in [0.717, 1.165) is 15.6 Å². The molecule has 0 atom stereocenters. The van der Waals surface area contributed by atoms with Crippen LogP contribution in [-0.2, 0) is 14.5 Å². The van der Waals surface area contributed by atoms with Gasteiger partial charge < -0.3 is 0 Å². The van der Waals surface area contributed by atoms with Crippen molar-refractivity contribution >= 4 is 37.4 Å². The van der Waals surface area contributed by atoms with E-state index in [1.54, 1.807) is 11.3 Å². The minimum absolute atomic E-state index is 0.0308. The van der Waals surface area contributed by atoms with E-state index in [1.807, 2.05) is 29.6 Å². The minimum atomic E-state index is -3.70. The molecule has 2 heterocycles. The number of fused-ring (bicyclic) bond motifs is 1. The molecular weight excluding hydrogens is 246 g/mol. The zero-order valence-electron chi connectivity index (χ0n) is 8.08. The van der Waals surface area contributed by atoms with Crippen molar-refractivity contribution in [2.24, 2.45) is 4.40 Å². The van der Waals surface area contributed by atoms with Gasteiger partial charge in [-0.05, 0) is 6.07 Å². The number of benzene rings is 1. The molecule has 0 unspecified atom stereocenters. The Kier molecular flexibility index (Phi) is 2.10. The fraction of sp³-hybridized carbons (Fsp3) is 0.100. The number of rotatable bonds is 1. The van der Waals surface area contributed by atoms with Crippen LogP contribution in [0.25, 0.3) is 10.1 Å². The highest BCUT2D eigenvalue weighted by Gasteiger charge is 2.23. The third kappa shape index (κ3) is 1.55. The Balaban J connectivity index is 2.21. The van der Waals surface area contributed by atoms with E-state index < -0.39 is 10.3 Å². The van der Waals surface area contributed by atoms with Crippen molar-refractivity contribution in [3.05, 3.63) is 35.2 Å². The van der Waals surface area contributed by atoms with Crippen LogP contribution >= 0.6 is 11.3 Å². The first-order valence-corrected chi connectivity index (χ1v) is 6.85. The molecule has 4 nitrogen and oxygen atoms in total. The largest absolute Gasteiger partial charge is 0.381 e. The second kappa shape index (κ2) is 3.38. The van der Waals surface area contributed by atoms with Crippen LogP contribution in [0.4, 0.5) is 0 Å². The van der Waals surface area contributed by atoms with Gasteiger partial charge in [-0.25, -0.2) is 4.18 Å². The summed E-state index contributed by atoms with van der Waals surface area (Å²) in [5.41, 5.74) is 1.33. The molecule has 0 radical (unpaired) electrons. The Labute approximate surface area is 96.5 Å². The van der Waals surface area contributed by atoms with Crippen LogP contribution in [0, 0.1) is 0 Å². The Bertz CT molecular complexity index is 685.